The zero-order valence-electron chi connectivity index (χ0n) is 9.61. The van der Waals surface area contributed by atoms with Gasteiger partial charge in [-0.3, -0.25) is 0 Å². The molecule has 3 heteroatoms. The predicted octanol–water partition coefficient (Wildman–Crippen LogP) is 1.78. The van der Waals surface area contributed by atoms with Crippen LogP contribution in [0.5, 0.6) is 5.75 Å². The summed E-state index contributed by atoms with van der Waals surface area (Å²) < 4.78 is 10.5. The topological polar surface area (TPSA) is 38.7 Å². The molecular formula is C13H18O3. The molecule has 1 atom stereocenters. The summed E-state index contributed by atoms with van der Waals surface area (Å²) in [6, 6.07) is 7.83. The molecule has 2 rings (SSSR count). The Kier molecular flexibility index (Phi) is 3.46. The summed E-state index contributed by atoms with van der Waals surface area (Å²) in [6.45, 7) is 1.20. The summed E-state index contributed by atoms with van der Waals surface area (Å²) in [6.07, 6.45) is 2.37. The monoisotopic (exact) mass is 222 g/mol. The summed E-state index contributed by atoms with van der Waals surface area (Å²) in [4.78, 5) is 0. The molecule has 1 aliphatic heterocycles. The Morgan fingerprint density at radius 3 is 3.06 bits per heavy atom. The van der Waals surface area contributed by atoms with E-state index in [0.29, 0.717) is 13.0 Å². The Morgan fingerprint density at radius 2 is 2.38 bits per heavy atom. The summed E-state index contributed by atoms with van der Waals surface area (Å²) in [5.41, 5.74) is 0.386. The van der Waals surface area contributed by atoms with Gasteiger partial charge in [0.1, 0.15) is 5.75 Å². The molecule has 1 aromatic carbocycles. The van der Waals surface area contributed by atoms with Gasteiger partial charge in [-0.1, -0.05) is 12.1 Å². The van der Waals surface area contributed by atoms with Crippen LogP contribution >= 0.6 is 0 Å². The Hall–Kier alpha value is -1.06. The lowest BCUT2D eigenvalue weighted by molar-refractivity contribution is -0.0845. The molecule has 0 aromatic heterocycles. The lowest BCUT2D eigenvalue weighted by Gasteiger charge is -2.32. The van der Waals surface area contributed by atoms with Gasteiger partial charge in [0.05, 0.1) is 19.3 Å². The van der Waals surface area contributed by atoms with E-state index in [4.69, 9.17) is 9.47 Å². The van der Waals surface area contributed by atoms with Gasteiger partial charge in [0, 0.05) is 13.0 Å². The van der Waals surface area contributed by atoms with Crippen molar-refractivity contribution in [3.05, 3.63) is 29.8 Å². The maximum atomic E-state index is 10.3. The molecule has 1 aliphatic rings. The normalized spacial score (nSPS) is 25.4. The molecule has 0 amide bonds. The molecule has 3 nitrogen and oxygen atoms in total. The summed E-state index contributed by atoms with van der Waals surface area (Å²) in [7, 11) is 1.65. The van der Waals surface area contributed by atoms with Gasteiger partial charge in [-0.15, -0.1) is 0 Å². The average Bonchev–Trinajstić information content (AvgIpc) is 2.29. The van der Waals surface area contributed by atoms with Crippen molar-refractivity contribution in [3.63, 3.8) is 0 Å². The van der Waals surface area contributed by atoms with Crippen LogP contribution in [0.1, 0.15) is 18.4 Å². The van der Waals surface area contributed by atoms with Gasteiger partial charge in [0.25, 0.3) is 0 Å². The Balaban J connectivity index is 2.07. The highest BCUT2D eigenvalue weighted by atomic mass is 16.5. The zero-order chi connectivity index (χ0) is 11.4. The number of ether oxygens (including phenoxy) is 2. The van der Waals surface area contributed by atoms with Crippen LogP contribution in [0.25, 0.3) is 0 Å². The van der Waals surface area contributed by atoms with E-state index in [1.165, 1.54) is 0 Å². The SMILES string of the molecule is COc1cccc(CC2(O)CCCOC2)c1. The minimum atomic E-state index is -0.704. The standard InChI is InChI=1S/C13H18O3/c1-15-12-5-2-4-11(8-12)9-13(14)6-3-7-16-10-13/h2,4-5,8,14H,3,6-7,9-10H2,1H3. The van der Waals surface area contributed by atoms with Crippen molar-refractivity contribution in [1.82, 2.24) is 0 Å². The molecule has 1 unspecified atom stereocenters. The first-order valence-electron chi connectivity index (χ1n) is 5.65. The molecule has 1 N–H and O–H groups in total. The predicted molar refractivity (Wildman–Crippen MR) is 61.7 cm³/mol. The van der Waals surface area contributed by atoms with Crippen molar-refractivity contribution in [2.45, 2.75) is 24.9 Å². The van der Waals surface area contributed by atoms with Gasteiger partial charge >= 0.3 is 0 Å². The van der Waals surface area contributed by atoms with E-state index < -0.39 is 5.60 Å². The van der Waals surface area contributed by atoms with Crippen LogP contribution in [0.4, 0.5) is 0 Å². The van der Waals surface area contributed by atoms with Crippen molar-refractivity contribution in [2.75, 3.05) is 20.3 Å². The molecular weight excluding hydrogens is 204 g/mol. The third kappa shape index (κ3) is 2.74. The van der Waals surface area contributed by atoms with E-state index in [0.717, 1.165) is 30.8 Å². The summed E-state index contributed by atoms with van der Waals surface area (Å²) in [5, 5.41) is 10.3. The average molecular weight is 222 g/mol. The molecule has 1 saturated heterocycles. The van der Waals surface area contributed by atoms with Gasteiger partial charge in [0.15, 0.2) is 0 Å². The lowest BCUT2D eigenvalue weighted by Crippen LogP contribution is -2.40. The highest BCUT2D eigenvalue weighted by molar-refractivity contribution is 5.29. The third-order valence-corrected chi connectivity index (χ3v) is 2.97. The molecule has 0 saturated carbocycles. The highest BCUT2D eigenvalue weighted by Crippen LogP contribution is 2.25. The minimum Gasteiger partial charge on any atom is -0.497 e. The Morgan fingerprint density at radius 1 is 1.50 bits per heavy atom. The first-order chi connectivity index (χ1) is 7.72. The Bertz CT molecular complexity index is 343. The fourth-order valence-electron chi connectivity index (χ4n) is 2.14. The second-order valence-electron chi connectivity index (χ2n) is 4.41. The summed E-state index contributed by atoms with van der Waals surface area (Å²) >= 11 is 0. The van der Waals surface area contributed by atoms with Crippen molar-refractivity contribution < 1.29 is 14.6 Å². The van der Waals surface area contributed by atoms with E-state index in [2.05, 4.69) is 0 Å². The molecule has 1 fully saturated rings. The van der Waals surface area contributed by atoms with Crippen LogP contribution in [0.3, 0.4) is 0 Å². The molecule has 1 aromatic rings. The number of hydrogen-bond donors (Lipinski definition) is 1. The number of benzene rings is 1. The molecule has 0 aliphatic carbocycles. The maximum Gasteiger partial charge on any atom is 0.119 e. The van der Waals surface area contributed by atoms with Gasteiger partial charge in [0.2, 0.25) is 0 Å². The largest absolute Gasteiger partial charge is 0.497 e. The highest BCUT2D eigenvalue weighted by Gasteiger charge is 2.30. The van der Waals surface area contributed by atoms with Gasteiger partial charge in [-0.25, -0.2) is 0 Å². The molecule has 16 heavy (non-hydrogen) atoms. The van der Waals surface area contributed by atoms with Crippen molar-refractivity contribution in [1.29, 1.82) is 0 Å². The van der Waals surface area contributed by atoms with Crippen LogP contribution in [0.15, 0.2) is 24.3 Å². The Labute approximate surface area is 96.0 Å². The molecule has 0 bridgehead atoms. The molecule has 0 radical (unpaired) electrons. The van der Waals surface area contributed by atoms with Gasteiger partial charge < -0.3 is 14.6 Å². The maximum absolute atomic E-state index is 10.3. The fourth-order valence-corrected chi connectivity index (χ4v) is 2.14. The van der Waals surface area contributed by atoms with Crippen molar-refractivity contribution in [2.24, 2.45) is 0 Å². The van der Waals surface area contributed by atoms with Crippen LogP contribution in [-0.4, -0.2) is 31.0 Å². The second kappa shape index (κ2) is 4.85. The van der Waals surface area contributed by atoms with Crippen LogP contribution in [-0.2, 0) is 11.2 Å². The van der Waals surface area contributed by atoms with E-state index in [1.54, 1.807) is 7.11 Å². The molecule has 0 spiro atoms. The minimum absolute atomic E-state index is 0.435. The van der Waals surface area contributed by atoms with Crippen LogP contribution < -0.4 is 4.74 Å². The molecule has 88 valence electrons. The van der Waals surface area contributed by atoms with Gasteiger partial charge in [-0.2, -0.15) is 0 Å². The first-order valence-corrected chi connectivity index (χ1v) is 5.65. The summed E-state index contributed by atoms with van der Waals surface area (Å²) in [5.74, 6) is 0.831. The lowest BCUT2D eigenvalue weighted by atomic mass is 9.89. The quantitative estimate of drug-likeness (QED) is 0.847. The van der Waals surface area contributed by atoms with E-state index in [9.17, 15) is 5.11 Å². The van der Waals surface area contributed by atoms with Crippen molar-refractivity contribution in [3.8, 4) is 5.75 Å². The fraction of sp³-hybridized carbons (Fsp3) is 0.538. The number of rotatable bonds is 3. The zero-order valence-corrected chi connectivity index (χ0v) is 9.61. The third-order valence-electron chi connectivity index (χ3n) is 2.97. The second-order valence-corrected chi connectivity index (χ2v) is 4.41. The number of hydrogen-bond acceptors (Lipinski definition) is 3. The van der Waals surface area contributed by atoms with E-state index >= 15 is 0 Å². The number of methoxy groups -OCH3 is 1. The van der Waals surface area contributed by atoms with E-state index in [-0.39, 0.29) is 0 Å². The van der Waals surface area contributed by atoms with Gasteiger partial charge in [-0.05, 0) is 30.5 Å². The van der Waals surface area contributed by atoms with Crippen molar-refractivity contribution >= 4 is 0 Å². The molecule has 1 heterocycles. The first kappa shape index (κ1) is 11.4. The van der Waals surface area contributed by atoms with E-state index in [1.807, 2.05) is 24.3 Å². The number of aliphatic hydroxyl groups is 1. The van der Waals surface area contributed by atoms with Crippen LogP contribution in [0.2, 0.25) is 0 Å². The smallest absolute Gasteiger partial charge is 0.119 e. The van der Waals surface area contributed by atoms with Crippen LogP contribution in [0, 0.1) is 0 Å².